The van der Waals surface area contributed by atoms with Gasteiger partial charge < -0.3 is 10.1 Å². The van der Waals surface area contributed by atoms with Gasteiger partial charge in [0, 0.05) is 16.6 Å². The van der Waals surface area contributed by atoms with Crippen molar-refractivity contribution in [1.82, 2.24) is 5.32 Å². The molecule has 112 valence electrons. The van der Waals surface area contributed by atoms with Crippen molar-refractivity contribution in [1.29, 1.82) is 0 Å². The zero-order valence-electron chi connectivity index (χ0n) is 13.0. The Morgan fingerprint density at radius 3 is 2.19 bits per heavy atom. The first-order valence-corrected chi connectivity index (χ1v) is 7.91. The molecule has 2 aromatic rings. The molecule has 0 aliphatic rings. The molecule has 0 amide bonds. The topological polar surface area (TPSA) is 21.3 Å². The van der Waals surface area contributed by atoms with Crippen LogP contribution < -0.4 is 10.1 Å². The van der Waals surface area contributed by atoms with Gasteiger partial charge in [0.05, 0.1) is 0 Å². The molecule has 0 aliphatic carbocycles. The molecule has 0 aromatic heterocycles. The minimum absolute atomic E-state index is 0.129. The van der Waals surface area contributed by atoms with Gasteiger partial charge in [-0.25, -0.2) is 0 Å². The lowest BCUT2D eigenvalue weighted by molar-refractivity contribution is 0.424. The second-order valence-corrected chi connectivity index (χ2v) is 7.11. The molecule has 3 heteroatoms. The highest BCUT2D eigenvalue weighted by Crippen LogP contribution is 2.26. The van der Waals surface area contributed by atoms with E-state index in [0.29, 0.717) is 0 Å². The van der Waals surface area contributed by atoms with Gasteiger partial charge in [-0.15, -0.1) is 0 Å². The molecule has 2 aromatic carbocycles. The minimum atomic E-state index is 0.129. The predicted octanol–water partition coefficient (Wildman–Crippen LogP) is 5.44. The molecule has 1 N–H and O–H groups in total. The van der Waals surface area contributed by atoms with Crippen molar-refractivity contribution in [3.63, 3.8) is 0 Å². The molecule has 2 rings (SSSR count). The van der Waals surface area contributed by atoms with Crippen LogP contribution in [0.4, 0.5) is 0 Å². The Balaban J connectivity index is 2.00. The third kappa shape index (κ3) is 5.18. The van der Waals surface area contributed by atoms with E-state index in [-0.39, 0.29) is 5.54 Å². The third-order valence-corrected chi connectivity index (χ3v) is 4.00. The first kappa shape index (κ1) is 16.1. The summed E-state index contributed by atoms with van der Waals surface area (Å²) in [7, 11) is 0. The smallest absolute Gasteiger partial charge is 0.127 e. The maximum absolute atomic E-state index is 5.87. The van der Waals surface area contributed by atoms with Crippen molar-refractivity contribution in [3.8, 4) is 11.5 Å². The van der Waals surface area contributed by atoms with Gasteiger partial charge in [0.25, 0.3) is 0 Å². The summed E-state index contributed by atoms with van der Waals surface area (Å²) in [4.78, 5) is 0. The van der Waals surface area contributed by atoms with Gasteiger partial charge in [0.1, 0.15) is 11.5 Å². The molecule has 0 unspecified atom stereocenters. The predicted molar refractivity (Wildman–Crippen MR) is 92.0 cm³/mol. The van der Waals surface area contributed by atoms with E-state index in [9.17, 15) is 0 Å². The van der Waals surface area contributed by atoms with Crippen molar-refractivity contribution in [2.24, 2.45) is 0 Å². The van der Waals surface area contributed by atoms with Crippen LogP contribution in [0.25, 0.3) is 0 Å². The number of halogens is 1. The van der Waals surface area contributed by atoms with E-state index in [1.165, 1.54) is 11.1 Å². The van der Waals surface area contributed by atoms with Crippen LogP contribution in [-0.2, 0) is 6.54 Å². The minimum Gasteiger partial charge on any atom is -0.457 e. The molecule has 0 saturated carbocycles. The van der Waals surface area contributed by atoms with Gasteiger partial charge >= 0.3 is 0 Å². The first-order chi connectivity index (χ1) is 9.83. The second-order valence-electron chi connectivity index (χ2n) is 6.26. The average molecular weight is 348 g/mol. The van der Waals surface area contributed by atoms with E-state index in [1.54, 1.807) is 0 Å². The van der Waals surface area contributed by atoms with Crippen molar-refractivity contribution in [2.75, 3.05) is 0 Å². The number of aryl methyl sites for hydroxylation is 1. The maximum atomic E-state index is 5.87. The largest absolute Gasteiger partial charge is 0.457 e. The van der Waals surface area contributed by atoms with E-state index in [2.05, 4.69) is 61.1 Å². The van der Waals surface area contributed by atoms with E-state index in [0.717, 1.165) is 22.5 Å². The van der Waals surface area contributed by atoms with Crippen LogP contribution >= 0.6 is 15.9 Å². The van der Waals surface area contributed by atoms with Crippen LogP contribution in [0.3, 0.4) is 0 Å². The SMILES string of the molecule is Cc1cc(Oc2ccc(CNC(C)(C)C)cc2)ccc1Br. The summed E-state index contributed by atoms with van der Waals surface area (Å²) in [5.74, 6) is 1.72. The summed E-state index contributed by atoms with van der Waals surface area (Å²) in [6, 6.07) is 14.2. The Kier molecular flexibility index (Phi) is 5.07. The molecule has 0 bridgehead atoms. The molecular weight excluding hydrogens is 326 g/mol. The molecule has 0 atom stereocenters. The van der Waals surface area contributed by atoms with Crippen molar-refractivity contribution >= 4 is 15.9 Å². The van der Waals surface area contributed by atoms with E-state index in [1.807, 2.05) is 30.3 Å². The Hall–Kier alpha value is -1.32. The van der Waals surface area contributed by atoms with E-state index >= 15 is 0 Å². The number of hydrogen-bond acceptors (Lipinski definition) is 2. The molecule has 0 heterocycles. The summed E-state index contributed by atoms with van der Waals surface area (Å²) in [6.07, 6.45) is 0. The van der Waals surface area contributed by atoms with Gasteiger partial charge in [0.2, 0.25) is 0 Å². The average Bonchev–Trinajstić information content (AvgIpc) is 2.41. The zero-order valence-corrected chi connectivity index (χ0v) is 14.6. The number of benzene rings is 2. The van der Waals surface area contributed by atoms with E-state index < -0.39 is 0 Å². The lowest BCUT2D eigenvalue weighted by Crippen LogP contribution is -2.34. The fourth-order valence-corrected chi connectivity index (χ4v) is 2.11. The standard InChI is InChI=1S/C18H22BrNO/c1-13-11-16(9-10-17(13)19)21-15-7-5-14(6-8-15)12-20-18(2,3)4/h5-11,20H,12H2,1-4H3. The zero-order chi connectivity index (χ0) is 15.5. The highest BCUT2D eigenvalue weighted by molar-refractivity contribution is 9.10. The molecule has 0 aliphatic heterocycles. The summed E-state index contributed by atoms with van der Waals surface area (Å²) >= 11 is 3.49. The molecule has 0 fully saturated rings. The summed E-state index contributed by atoms with van der Waals surface area (Å²) in [5.41, 5.74) is 2.55. The van der Waals surface area contributed by atoms with Crippen LogP contribution in [0.15, 0.2) is 46.9 Å². The van der Waals surface area contributed by atoms with Crippen LogP contribution in [0.1, 0.15) is 31.9 Å². The number of hydrogen-bond donors (Lipinski definition) is 1. The summed E-state index contributed by atoms with van der Waals surface area (Å²) < 4.78 is 6.97. The number of rotatable bonds is 4. The van der Waals surface area contributed by atoms with Gasteiger partial charge in [-0.1, -0.05) is 28.1 Å². The Morgan fingerprint density at radius 2 is 1.62 bits per heavy atom. The van der Waals surface area contributed by atoms with Crippen molar-refractivity contribution in [2.45, 2.75) is 39.8 Å². The Bertz CT molecular complexity index is 600. The van der Waals surface area contributed by atoms with Gasteiger partial charge in [-0.2, -0.15) is 0 Å². The molecule has 0 spiro atoms. The quantitative estimate of drug-likeness (QED) is 0.795. The second kappa shape index (κ2) is 6.63. The maximum Gasteiger partial charge on any atom is 0.127 e. The Morgan fingerprint density at radius 1 is 1.00 bits per heavy atom. The lowest BCUT2D eigenvalue weighted by Gasteiger charge is -2.20. The van der Waals surface area contributed by atoms with Gasteiger partial charge in [-0.05, 0) is 69.2 Å². The van der Waals surface area contributed by atoms with Gasteiger partial charge in [0.15, 0.2) is 0 Å². The third-order valence-electron chi connectivity index (χ3n) is 3.11. The summed E-state index contributed by atoms with van der Waals surface area (Å²) in [6.45, 7) is 9.42. The molecule has 0 saturated heterocycles. The van der Waals surface area contributed by atoms with Crippen LogP contribution in [-0.4, -0.2) is 5.54 Å². The van der Waals surface area contributed by atoms with Crippen LogP contribution in [0.2, 0.25) is 0 Å². The normalized spacial score (nSPS) is 11.5. The monoisotopic (exact) mass is 347 g/mol. The number of ether oxygens (including phenoxy) is 1. The highest BCUT2D eigenvalue weighted by Gasteiger charge is 2.08. The fourth-order valence-electron chi connectivity index (χ4n) is 1.86. The molecule has 21 heavy (non-hydrogen) atoms. The molecule has 2 nitrogen and oxygen atoms in total. The Labute approximate surface area is 135 Å². The van der Waals surface area contributed by atoms with Crippen LogP contribution in [0.5, 0.6) is 11.5 Å². The number of nitrogens with one attached hydrogen (secondary N) is 1. The van der Waals surface area contributed by atoms with Crippen LogP contribution in [0, 0.1) is 6.92 Å². The molecular formula is C18H22BrNO. The molecule has 0 radical (unpaired) electrons. The first-order valence-electron chi connectivity index (χ1n) is 7.11. The van der Waals surface area contributed by atoms with Crippen molar-refractivity contribution < 1.29 is 4.74 Å². The van der Waals surface area contributed by atoms with Crippen molar-refractivity contribution in [3.05, 3.63) is 58.1 Å². The summed E-state index contributed by atoms with van der Waals surface area (Å²) in [5, 5.41) is 3.47. The van der Waals surface area contributed by atoms with Gasteiger partial charge in [-0.3, -0.25) is 0 Å². The lowest BCUT2D eigenvalue weighted by atomic mass is 10.1. The fraction of sp³-hybridized carbons (Fsp3) is 0.333. The highest BCUT2D eigenvalue weighted by atomic mass is 79.9. The van der Waals surface area contributed by atoms with E-state index in [4.69, 9.17) is 4.74 Å².